The zero-order valence-electron chi connectivity index (χ0n) is 21.7. The number of rotatable bonds is 9. The third-order valence-corrected chi connectivity index (χ3v) is 8.54. The van der Waals surface area contributed by atoms with Crippen LogP contribution >= 0.6 is 0 Å². The van der Waals surface area contributed by atoms with E-state index in [9.17, 15) is 13.2 Å². The summed E-state index contributed by atoms with van der Waals surface area (Å²) in [6, 6.07) is 21.2. The molecule has 3 aromatic rings. The highest BCUT2D eigenvalue weighted by Crippen LogP contribution is 2.26. The Morgan fingerprint density at radius 2 is 1.57 bits per heavy atom. The van der Waals surface area contributed by atoms with Gasteiger partial charge >= 0.3 is 0 Å². The third-order valence-electron chi connectivity index (χ3n) is 6.75. The number of nitrogens with zero attached hydrogens (tertiary/aromatic N) is 2. The zero-order chi connectivity index (χ0) is 26.4. The molecule has 0 spiro atoms. The SMILES string of the molecule is COc1ccc(S(=O)(=O)N(CC(=O)NC(C)c2ccc(N3CCCCC3)cc2)c2ccc(C)cc2)cc1. The molecule has 0 saturated carbocycles. The van der Waals surface area contributed by atoms with Crippen molar-refractivity contribution in [1.29, 1.82) is 0 Å². The molecular formula is C29H35N3O4S. The van der Waals surface area contributed by atoms with Gasteiger partial charge in [0.15, 0.2) is 0 Å². The van der Waals surface area contributed by atoms with Crippen LogP contribution in [0.15, 0.2) is 77.7 Å². The Kier molecular flexibility index (Phi) is 8.38. The minimum Gasteiger partial charge on any atom is -0.497 e. The fourth-order valence-corrected chi connectivity index (χ4v) is 5.95. The second-order valence-corrected chi connectivity index (χ2v) is 11.3. The number of amides is 1. The molecule has 7 nitrogen and oxygen atoms in total. The lowest BCUT2D eigenvalue weighted by molar-refractivity contribution is -0.120. The molecular weight excluding hydrogens is 486 g/mol. The quantitative estimate of drug-likeness (QED) is 0.426. The maximum absolute atomic E-state index is 13.6. The number of aryl methyl sites for hydroxylation is 1. The number of benzene rings is 3. The number of carbonyl (C=O) groups is 1. The summed E-state index contributed by atoms with van der Waals surface area (Å²) in [6.07, 6.45) is 3.71. The highest BCUT2D eigenvalue weighted by molar-refractivity contribution is 7.92. The molecule has 1 saturated heterocycles. The van der Waals surface area contributed by atoms with E-state index in [1.54, 1.807) is 24.3 Å². The largest absolute Gasteiger partial charge is 0.497 e. The molecule has 3 aromatic carbocycles. The second-order valence-electron chi connectivity index (χ2n) is 9.45. The monoisotopic (exact) mass is 521 g/mol. The van der Waals surface area contributed by atoms with Crippen molar-refractivity contribution < 1.29 is 17.9 Å². The zero-order valence-corrected chi connectivity index (χ0v) is 22.5. The van der Waals surface area contributed by atoms with Gasteiger partial charge in [0.2, 0.25) is 5.91 Å². The lowest BCUT2D eigenvalue weighted by Crippen LogP contribution is -2.41. The van der Waals surface area contributed by atoms with Crippen LogP contribution in [0.5, 0.6) is 5.75 Å². The van der Waals surface area contributed by atoms with Gasteiger partial charge in [0.05, 0.1) is 23.7 Å². The van der Waals surface area contributed by atoms with Crippen molar-refractivity contribution >= 4 is 27.3 Å². The normalized spacial score (nSPS) is 14.6. The predicted molar refractivity (Wildman–Crippen MR) is 148 cm³/mol. The Morgan fingerprint density at radius 1 is 0.946 bits per heavy atom. The summed E-state index contributed by atoms with van der Waals surface area (Å²) < 4.78 is 33.5. The standard InChI is InChI=1S/C29H35N3O4S/c1-22-7-11-26(12-8-22)32(37(34,35)28-17-15-27(36-3)16-18-28)21-29(33)30-23(2)24-9-13-25(14-10-24)31-19-5-4-6-20-31/h7-18,23H,4-6,19-21H2,1-3H3,(H,30,33). The average molecular weight is 522 g/mol. The molecule has 1 atom stereocenters. The molecule has 8 heteroatoms. The van der Waals surface area contributed by atoms with E-state index in [0.717, 1.165) is 28.5 Å². The molecule has 1 amide bonds. The van der Waals surface area contributed by atoms with Crippen molar-refractivity contribution in [2.75, 3.05) is 35.9 Å². The fraction of sp³-hybridized carbons (Fsp3) is 0.345. The van der Waals surface area contributed by atoms with Gasteiger partial charge in [-0.2, -0.15) is 0 Å². The number of anilines is 2. The van der Waals surface area contributed by atoms with Crippen molar-refractivity contribution in [3.63, 3.8) is 0 Å². The first-order valence-corrected chi connectivity index (χ1v) is 14.1. The van der Waals surface area contributed by atoms with E-state index in [1.807, 2.05) is 38.1 Å². The summed E-state index contributed by atoms with van der Waals surface area (Å²) in [5.41, 5.74) is 3.58. The molecule has 196 valence electrons. The van der Waals surface area contributed by atoms with Gasteiger partial charge in [-0.25, -0.2) is 8.42 Å². The van der Waals surface area contributed by atoms with Crippen LogP contribution in [0, 0.1) is 6.92 Å². The minimum absolute atomic E-state index is 0.0861. The topological polar surface area (TPSA) is 79.0 Å². The Morgan fingerprint density at radius 3 is 2.16 bits per heavy atom. The van der Waals surface area contributed by atoms with Crippen molar-refractivity contribution in [2.45, 2.75) is 44.0 Å². The Balaban J connectivity index is 1.50. The van der Waals surface area contributed by atoms with E-state index in [1.165, 1.54) is 44.2 Å². The Labute approximate surface area is 220 Å². The van der Waals surface area contributed by atoms with Crippen molar-refractivity contribution in [3.8, 4) is 5.75 Å². The van der Waals surface area contributed by atoms with E-state index in [2.05, 4.69) is 22.3 Å². The summed E-state index contributed by atoms with van der Waals surface area (Å²) in [5.74, 6) is 0.170. The van der Waals surface area contributed by atoms with Gasteiger partial charge < -0.3 is 15.0 Å². The molecule has 1 aliphatic heterocycles. The lowest BCUT2D eigenvalue weighted by Gasteiger charge is -2.29. The second kappa shape index (κ2) is 11.7. The van der Waals surface area contributed by atoms with Crippen molar-refractivity contribution in [1.82, 2.24) is 5.32 Å². The smallest absolute Gasteiger partial charge is 0.264 e. The van der Waals surface area contributed by atoms with E-state index < -0.39 is 10.0 Å². The van der Waals surface area contributed by atoms with Gasteiger partial charge in [-0.1, -0.05) is 29.8 Å². The number of hydrogen-bond acceptors (Lipinski definition) is 5. The van der Waals surface area contributed by atoms with Gasteiger partial charge in [-0.05, 0) is 87.2 Å². The molecule has 0 aliphatic carbocycles. The van der Waals surface area contributed by atoms with E-state index in [0.29, 0.717) is 11.4 Å². The molecule has 0 aromatic heterocycles. The van der Waals surface area contributed by atoms with E-state index >= 15 is 0 Å². The first kappa shape index (κ1) is 26.5. The molecule has 4 rings (SSSR count). The van der Waals surface area contributed by atoms with Gasteiger partial charge in [-0.15, -0.1) is 0 Å². The molecule has 1 N–H and O–H groups in total. The van der Waals surface area contributed by atoms with Crippen LogP contribution in [-0.4, -0.2) is 41.1 Å². The summed E-state index contributed by atoms with van der Waals surface area (Å²) in [4.78, 5) is 15.6. The van der Waals surface area contributed by atoms with Crippen molar-refractivity contribution in [3.05, 3.63) is 83.9 Å². The fourth-order valence-electron chi connectivity index (χ4n) is 4.53. The van der Waals surface area contributed by atoms with Crippen LogP contribution in [-0.2, 0) is 14.8 Å². The Hall–Kier alpha value is -3.52. The molecule has 1 unspecified atom stereocenters. The molecule has 1 fully saturated rings. The predicted octanol–water partition coefficient (Wildman–Crippen LogP) is 5.07. The first-order valence-electron chi connectivity index (χ1n) is 12.7. The molecule has 1 aliphatic rings. The van der Waals surface area contributed by atoms with Crippen LogP contribution in [0.1, 0.15) is 43.4 Å². The highest BCUT2D eigenvalue weighted by atomic mass is 32.2. The van der Waals surface area contributed by atoms with Gasteiger partial charge in [-0.3, -0.25) is 9.10 Å². The van der Waals surface area contributed by atoms with Gasteiger partial charge in [0.25, 0.3) is 10.0 Å². The molecule has 0 bridgehead atoms. The molecule has 1 heterocycles. The summed E-state index contributed by atoms with van der Waals surface area (Å²) in [7, 11) is -2.47. The Bertz CT molecular complexity index is 1280. The van der Waals surface area contributed by atoms with Crippen LogP contribution in [0.3, 0.4) is 0 Å². The molecule has 37 heavy (non-hydrogen) atoms. The van der Waals surface area contributed by atoms with Crippen LogP contribution in [0.4, 0.5) is 11.4 Å². The summed E-state index contributed by atoms with van der Waals surface area (Å²) in [5, 5.41) is 2.97. The van der Waals surface area contributed by atoms with Crippen LogP contribution < -0.4 is 19.3 Å². The first-order chi connectivity index (χ1) is 17.8. The summed E-state index contributed by atoms with van der Waals surface area (Å²) >= 11 is 0. The lowest BCUT2D eigenvalue weighted by atomic mass is 10.1. The minimum atomic E-state index is -3.99. The number of methoxy groups -OCH3 is 1. The van der Waals surface area contributed by atoms with Crippen LogP contribution in [0.25, 0.3) is 0 Å². The number of sulfonamides is 1. The third kappa shape index (κ3) is 6.43. The maximum Gasteiger partial charge on any atom is 0.264 e. The number of carbonyl (C=O) groups excluding carboxylic acids is 1. The number of ether oxygens (including phenoxy) is 1. The van der Waals surface area contributed by atoms with Gasteiger partial charge in [0.1, 0.15) is 12.3 Å². The van der Waals surface area contributed by atoms with Crippen LogP contribution in [0.2, 0.25) is 0 Å². The van der Waals surface area contributed by atoms with E-state index in [-0.39, 0.29) is 23.4 Å². The van der Waals surface area contributed by atoms with Crippen molar-refractivity contribution in [2.24, 2.45) is 0 Å². The maximum atomic E-state index is 13.6. The number of piperidine rings is 1. The van der Waals surface area contributed by atoms with Gasteiger partial charge in [0, 0.05) is 18.8 Å². The summed E-state index contributed by atoms with van der Waals surface area (Å²) in [6.45, 7) is 5.64. The van der Waals surface area contributed by atoms with E-state index in [4.69, 9.17) is 4.74 Å². The molecule has 0 radical (unpaired) electrons. The highest BCUT2D eigenvalue weighted by Gasteiger charge is 2.28. The number of nitrogens with one attached hydrogen (secondary N) is 1. The average Bonchev–Trinajstić information content (AvgIpc) is 2.93. The number of hydrogen-bond donors (Lipinski definition) is 1.